The first-order valence-electron chi connectivity index (χ1n) is 7.97. The van der Waals surface area contributed by atoms with Gasteiger partial charge in [0.25, 0.3) is 0 Å². The molecule has 0 spiro atoms. The van der Waals surface area contributed by atoms with E-state index < -0.39 is 0 Å². The molecule has 1 fully saturated rings. The van der Waals surface area contributed by atoms with Gasteiger partial charge in [0.2, 0.25) is 0 Å². The predicted octanol–water partition coefficient (Wildman–Crippen LogP) is 2.75. The number of amides is 2. The number of hydrogen-bond donors (Lipinski definition) is 3. The van der Waals surface area contributed by atoms with Crippen molar-refractivity contribution >= 4 is 16.9 Å². The number of benzene rings is 1. The van der Waals surface area contributed by atoms with E-state index in [0.717, 1.165) is 41.0 Å². The summed E-state index contributed by atoms with van der Waals surface area (Å²) in [5.74, 6) is 0. The third kappa shape index (κ3) is 2.10. The zero-order valence-corrected chi connectivity index (χ0v) is 12.6. The Morgan fingerprint density at radius 2 is 2.13 bits per heavy atom. The molecule has 0 atom stereocenters. The van der Waals surface area contributed by atoms with Gasteiger partial charge in [-0.1, -0.05) is 18.2 Å². The highest BCUT2D eigenvalue weighted by Crippen LogP contribution is 2.32. The Kier molecular flexibility index (Phi) is 2.56. The summed E-state index contributed by atoms with van der Waals surface area (Å²) < 4.78 is 0. The molecule has 23 heavy (non-hydrogen) atoms. The molecule has 0 bridgehead atoms. The van der Waals surface area contributed by atoms with E-state index in [9.17, 15) is 4.79 Å². The molecule has 0 radical (unpaired) electrons. The van der Waals surface area contributed by atoms with Gasteiger partial charge in [-0.2, -0.15) is 5.10 Å². The van der Waals surface area contributed by atoms with Crippen LogP contribution >= 0.6 is 0 Å². The van der Waals surface area contributed by atoms with Crippen molar-refractivity contribution in [1.82, 2.24) is 25.4 Å². The van der Waals surface area contributed by atoms with Crippen LogP contribution in [0.3, 0.4) is 0 Å². The minimum atomic E-state index is 0.0275. The van der Waals surface area contributed by atoms with Crippen LogP contribution in [0.1, 0.15) is 24.1 Å². The number of aromatic amines is 2. The highest BCUT2D eigenvalue weighted by atomic mass is 16.2. The Labute approximate surface area is 132 Å². The van der Waals surface area contributed by atoms with Crippen LogP contribution in [-0.2, 0) is 13.1 Å². The zero-order chi connectivity index (χ0) is 15.4. The molecule has 1 saturated carbocycles. The molecule has 3 N–H and O–H groups in total. The SMILES string of the molecule is O=C(NC1CC1)N1Cc2[nH]nc(-c3cc4ccccc4[nH]3)c2C1. The minimum Gasteiger partial charge on any atom is -0.353 e. The largest absolute Gasteiger partial charge is 0.353 e. The lowest BCUT2D eigenvalue weighted by Gasteiger charge is -2.16. The van der Waals surface area contributed by atoms with Crippen molar-refractivity contribution in [1.29, 1.82) is 0 Å². The summed E-state index contributed by atoms with van der Waals surface area (Å²) in [6.45, 7) is 1.20. The first-order chi connectivity index (χ1) is 11.3. The standard InChI is InChI=1S/C17H17N5O/c23-17(18-11-5-6-11)22-8-12-15(9-22)20-21-16(12)14-7-10-3-1-2-4-13(10)19-14/h1-4,7,11,19H,5-6,8-9H2,(H,18,23)(H,20,21). The molecule has 0 unspecified atom stereocenters. The molecule has 1 aromatic carbocycles. The Hall–Kier alpha value is -2.76. The molecule has 1 aliphatic heterocycles. The van der Waals surface area contributed by atoms with Gasteiger partial charge in [0.1, 0.15) is 5.69 Å². The van der Waals surface area contributed by atoms with Gasteiger partial charge in [0.05, 0.1) is 24.5 Å². The number of rotatable bonds is 2. The van der Waals surface area contributed by atoms with Gasteiger partial charge in [0.15, 0.2) is 0 Å². The number of carbonyl (C=O) groups is 1. The van der Waals surface area contributed by atoms with Crippen molar-refractivity contribution < 1.29 is 4.79 Å². The minimum absolute atomic E-state index is 0.0275. The fourth-order valence-electron chi connectivity index (χ4n) is 3.20. The maximum absolute atomic E-state index is 12.2. The first-order valence-corrected chi connectivity index (χ1v) is 7.97. The molecule has 2 aromatic heterocycles. The lowest BCUT2D eigenvalue weighted by Crippen LogP contribution is -2.37. The summed E-state index contributed by atoms with van der Waals surface area (Å²) >= 11 is 0. The smallest absolute Gasteiger partial charge is 0.318 e. The van der Waals surface area contributed by atoms with Crippen molar-refractivity contribution in [2.75, 3.05) is 0 Å². The summed E-state index contributed by atoms with van der Waals surface area (Å²) in [6.07, 6.45) is 2.21. The Balaban J connectivity index is 1.45. The average molecular weight is 307 g/mol. The lowest BCUT2D eigenvalue weighted by atomic mass is 10.1. The van der Waals surface area contributed by atoms with E-state index in [-0.39, 0.29) is 6.03 Å². The predicted molar refractivity (Wildman–Crippen MR) is 86.7 cm³/mol. The van der Waals surface area contributed by atoms with E-state index in [4.69, 9.17) is 0 Å². The number of nitrogens with zero attached hydrogens (tertiary/aromatic N) is 2. The number of nitrogens with one attached hydrogen (secondary N) is 3. The molecule has 5 rings (SSSR count). The third-order valence-corrected chi connectivity index (χ3v) is 4.63. The number of fused-ring (bicyclic) bond motifs is 2. The maximum Gasteiger partial charge on any atom is 0.318 e. The molecule has 1 aliphatic carbocycles. The fraction of sp³-hybridized carbons (Fsp3) is 0.294. The molecule has 3 heterocycles. The van der Waals surface area contributed by atoms with Crippen molar-refractivity contribution in [3.8, 4) is 11.4 Å². The van der Waals surface area contributed by atoms with Gasteiger partial charge in [-0.25, -0.2) is 4.79 Å². The summed E-state index contributed by atoms with van der Waals surface area (Å²) in [7, 11) is 0. The van der Waals surface area contributed by atoms with E-state index in [0.29, 0.717) is 19.1 Å². The van der Waals surface area contributed by atoms with Gasteiger partial charge >= 0.3 is 6.03 Å². The molecule has 6 nitrogen and oxygen atoms in total. The summed E-state index contributed by atoms with van der Waals surface area (Å²) in [5.41, 5.74) is 5.15. The second-order valence-corrected chi connectivity index (χ2v) is 6.38. The molecule has 0 saturated heterocycles. The Morgan fingerprint density at radius 3 is 2.96 bits per heavy atom. The van der Waals surface area contributed by atoms with Crippen LogP contribution in [0, 0.1) is 0 Å². The highest BCUT2D eigenvalue weighted by molar-refractivity contribution is 5.86. The molecular formula is C17H17N5O. The number of hydrogen-bond acceptors (Lipinski definition) is 2. The quantitative estimate of drug-likeness (QED) is 0.681. The van der Waals surface area contributed by atoms with Crippen LogP contribution in [-0.4, -0.2) is 32.2 Å². The van der Waals surface area contributed by atoms with Crippen molar-refractivity contribution in [2.24, 2.45) is 0 Å². The third-order valence-electron chi connectivity index (χ3n) is 4.63. The molecule has 116 valence electrons. The van der Waals surface area contributed by atoms with Crippen LogP contribution in [0.5, 0.6) is 0 Å². The van der Waals surface area contributed by atoms with Gasteiger partial charge in [-0.3, -0.25) is 5.10 Å². The van der Waals surface area contributed by atoms with Crippen LogP contribution in [0.2, 0.25) is 0 Å². The van der Waals surface area contributed by atoms with E-state index in [2.05, 4.69) is 38.7 Å². The van der Waals surface area contributed by atoms with E-state index in [1.807, 2.05) is 17.0 Å². The van der Waals surface area contributed by atoms with E-state index in [1.54, 1.807) is 0 Å². The Morgan fingerprint density at radius 1 is 1.26 bits per heavy atom. The number of H-pyrrole nitrogens is 2. The molecule has 3 aromatic rings. The fourth-order valence-corrected chi connectivity index (χ4v) is 3.20. The van der Waals surface area contributed by atoms with Crippen molar-refractivity contribution in [3.05, 3.63) is 41.6 Å². The highest BCUT2D eigenvalue weighted by Gasteiger charge is 2.32. The summed E-state index contributed by atoms with van der Waals surface area (Å²) in [6, 6.07) is 10.7. The van der Waals surface area contributed by atoms with Crippen LogP contribution in [0.25, 0.3) is 22.3 Å². The van der Waals surface area contributed by atoms with E-state index in [1.165, 1.54) is 5.39 Å². The summed E-state index contributed by atoms with van der Waals surface area (Å²) in [5, 5.41) is 11.8. The second kappa shape index (κ2) is 4.62. The molecule has 2 aliphatic rings. The van der Waals surface area contributed by atoms with Crippen molar-refractivity contribution in [3.63, 3.8) is 0 Å². The molecular weight excluding hydrogens is 290 g/mol. The molecule has 2 amide bonds. The normalized spacial score (nSPS) is 16.8. The first kappa shape index (κ1) is 12.8. The van der Waals surface area contributed by atoms with Gasteiger partial charge in [-0.15, -0.1) is 0 Å². The van der Waals surface area contributed by atoms with Gasteiger partial charge in [0, 0.05) is 22.5 Å². The van der Waals surface area contributed by atoms with Crippen LogP contribution in [0.4, 0.5) is 4.79 Å². The van der Waals surface area contributed by atoms with Gasteiger partial charge < -0.3 is 15.2 Å². The monoisotopic (exact) mass is 307 g/mol. The van der Waals surface area contributed by atoms with Crippen LogP contribution < -0.4 is 5.32 Å². The zero-order valence-electron chi connectivity index (χ0n) is 12.6. The second-order valence-electron chi connectivity index (χ2n) is 6.38. The van der Waals surface area contributed by atoms with Crippen LogP contribution in [0.15, 0.2) is 30.3 Å². The van der Waals surface area contributed by atoms with Gasteiger partial charge in [-0.05, 0) is 25.0 Å². The number of para-hydroxylation sites is 1. The number of aromatic nitrogens is 3. The maximum atomic E-state index is 12.2. The summed E-state index contributed by atoms with van der Waals surface area (Å²) in [4.78, 5) is 17.5. The Bertz CT molecular complexity index is 872. The average Bonchev–Trinajstić information content (AvgIpc) is 2.99. The van der Waals surface area contributed by atoms with E-state index >= 15 is 0 Å². The lowest BCUT2D eigenvalue weighted by molar-refractivity contribution is 0.197. The molecule has 6 heteroatoms. The van der Waals surface area contributed by atoms with Crippen molar-refractivity contribution in [2.45, 2.75) is 32.0 Å². The number of urea groups is 1. The number of carbonyl (C=O) groups excluding carboxylic acids is 1. The topological polar surface area (TPSA) is 76.8 Å².